The van der Waals surface area contributed by atoms with Gasteiger partial charge in [-0.15, -0.1) is 0 Å². The van der Waals surface area contributed by atoms with Gasteiger partial charge in [-0.05, 0) is 44.1 Å². The van der Waals surface area contributed by atoms with E-state index in [1.807, 2.05) is 6.07 Å². The van der Waals surface area contributed by atoms with Crippen LogP contribution in [0.4, 0.5) is 0 Å². The first-order valence-electron chi connectivity index (χ1n) is 7.13. The molecule has 3 atom stereocenters. The Balaban J connectivity index is 1.65. The number of hydrogen-bond donors (Lipinski definition) is 0. The van der Waals surface area contributed by atoms with E-state index < -0.39 is 0 Å². The lowest BCUT2D eigenvalue weighted by atomic mass is 10.0. The molecule has 18 heavy (non-hydrogen) atoms. The Morgan fingerprint density at radius 1 is 1.22 bits per heavy atom. The fourth-order valence-corrected chi connectivity index (χ4v) is 3.18. The molecule has 1 aliphatic carbocycles. The Labute approximate surface area is 109 Å². The Hall–Kier alpha value is -1.31. The SMILES string of the molecule is C[C@@H]1CCCCN1C(=O)[C@H]1C[C@H]1c1ccccc1. The highest BCUT2D eigenvalue weighted by atomic mass is 16.2. The van der Waals surface area contributed by atoms with Crippen LogP contribution in [0.15, 0.2) is 30.3 Å². The summed E-state index contributed by atoms with van der Waals surface area (Å²) in [5.41, 5.74) is 1.33. The molecule has 1 aromatic rings. The maximum atomic E-state index is 12.5. The average molecular weight is 243 g/mol. The molecule has 1 aromatic carbocycles. The number of likely N-dealkylation sites (tertiary alicyclic amines) is 1. The van der Waals surface area contributed by atoms with Gasteiger partial charge in [0.15, 0.2) is 0 Å². The Bertz CT molecular complexity index is 428. The number of piperidine rings is 1. The van der Waals surface area contributed by atoms with E-state index in [2.05, 4.69) is 36.1 Å². The van der Waals surface area contributed by atoms with E-state index in [0.29, 0.717) is 17.9 Å². The molecule has 0 aromatic heterocycles. The second kappa shape index (κ2) is 4.75. The lowest BCUT2D eigenvalue weighted by Crippen LogP contribution is -2.43. The van der Waals surface area contributed by atoms with Crippen molar-refractivity contribution in [2.45, 2.75) is 44.6 Å². The van der Waals surface area contributed by atoms with Crippen molar-refractivity contribution in [2.24, 2.45) is 5.92 Å². The minimum Gasteiger partial charge on any atom is -0.340 e. The van der Waals surface area contributed by atoms with Gasteiger partial charge in [0, 0.05) is 18.5 Å². The van der Waals surface area contributed by atoms with Gasteiger partial charge in [0.2, 0.25) is 5.91 Å². The third-order valence-corrected chi connectivity index (χ3v) is 4.42. The molecule has 1 aliphatic heterocycles. The summed E-state index contributed by atoms with van der Waals surface area (Å²) in [5.74, 6) is 1.14. The molecule has 2 nitrogen and oxygen atoms in total. The van der Waals surface area contributed by atoms with Crippen molar-refractivity contribution in [3.8, 4) is 0 Å². The molecular formula is C16H21NO. The second-order valence-corrected chi connectivity index (χ2v) is 5.74. The maximum Gasteiger partial charge on any atom is 0.226 e. The first kappa shape index (κ1) is 11.8. The predicted octanol–water partition coefficient (Wildman–Crippen LogP) is 3.19. The summed E-state index contributed by atoms with van der Waals surface area (Å²) in [6.07, 6.45) is 4.68. The maximum absolute atomic E-state index is 12.5. The van der Waals surface area contributed by atoms with Gasteiger partial charge in [-0.3, -0.25) is 4.79 Å². The molecule has 1 saturated carbocycles. The molecule has 1 amide bonds. The third-order valence-electron chi connectivity index (χ3n) is 4.42. The van der Waals surface area contributed by atoms with Crippen LogP contribution in [0.5, 0.6) is 0 Å². The smallest absolute Gasteiger partial charge is 0.226 e. The van der Waals surface area contributed by atoms with Crippen LogP contribution in [0.3, 0.4) is 0 Å². The van der Waals surface area contributed by atoms with Gasteiger partial charge in [-0.25, -0.2) is 0 Å². The lowest BCUT2D eigenvalue weighted by molar-refractivity contribution is -0.135. The van der Waals surface area contributed by atoms with Crippen molar-refractivity contribution in [3.63, 3.8) is 0 Å². The van der Waals surface area contributed by atoms with Crippen LogP contribution in [-0.2, 0) is 4.79 Å². The molecule has 1 heterocycles. The van der Waals surface area contributed by atoms with Crippen LogP contribution in [0.1, 0.15) is 44.1 Å². The van der Waals surface area contributed by atoms with Gasteiger partial charge in [0.1, 0.15) is 0 Å². The molecule has 3 rings (SSSR count). The second-order valence-electron chi connectivity index (χ2n) is 5.74. The van der Waals surface area contributed by atoms with Crippen molar-refractivity contribution in [1.29, 1.82) is 0 Å². The van der Waals surface area contributed by atoms with Crippen LogP contribution < -0.4 is 0 Å². The van der Waals surface area contributed by atoms with Crippen molar-refractivity contribution in [1.82, 2.24) is 4.90 Å². The largest absolute Gasteiger partial charge is 0.340 e. The highest BCUT2D eigenvalue weighted by Crippen LogP contribution is 2.48. The molecule has 0 bridgehead atoms. The normalized spacial score (nSPS) is 31.2. The summed E-state index contributed by atoms with van der Waals surface area (Å²) < 4.78 is 0. The minimum atomic E-state index is 0.257. The van der Waals surface area contributed by atoms with Gasteiger partial charge in [-0.2, -0.15) is 0 Å². The predicted molar refractivity (Wildman–Crippen MR) is 72.3 cm³/mol. The molecule has 0 N–H and O–H groups in total. The molecule has 0 spiro atoms. The summed E-state index contributed by atoms with van der Waals surface area (Å²) in [6.45, 7) is 3.16. The van der Waals surface area contributed by atoms with E-state index in [1.165, 1.54) is 24.8 Å². The fraction of sp³-hybridized carbons (Fsp3) is 0.562. The molecule has 2 aliphatic rings. The first-order chi connectivity index (χ1) is 8.77. The standard InChI is InChI=1S/C16H21NO/c1-12-7-5-6-10-17(12)16(18)15-11-14(15)13-8-3-2-4-9-13/h2-4,8-9,12,14-15H,5-7,10-11H2,1H3/t12-,14+,15+/m1/s1. The van der Waals surface area contributed by atoms with Crippen molar-refractivity contribution >= 4 is 5.91 Å². The van der Waals surface area contributed by atoms with Gasteiger partial charge < -0.3 is 4.90 Å². The molecule has 2 fully saturated rings. The minimum absolute atomic E-state index is 0.257. The summed E-state index contributed by atoms with van der Waals surface area (Å²) >= 11 is 0. The zero-order valence-electron chi connectivity index (χ0n) is 11.0. The Morgan fingerprint density at radius 3 is 2.72 bits per heavy atom. The van der Waals surface area contributed by atoms with Crippen LogP contribution >= 0.6 is 0 Å². The first-order valence-corrected chi connectivity index (χ1v) is 7.13. The van der Waals surface area contributed by atoms with Crippen LogP contribution in [-0.4, -0.2) is 23.4 Å². The van der Waals surface area contributed by atoms with Crippen LogP contribution in [0, 0.1) is 5.92 Å². The fourth-order valence-electron chi connectivity index (χ4n) is 3.18. The molecule has 2 heteroatoms. The zero-order valence-corrected chi connectivity index (χ0v) is 11.0. The van der Waals surface area contributed by atoms with E-state index >= 15 is 0 Å². The third kappa shape index (κ3) is 2.16. The molecular weight excluding hydrogens is 222 g/mol. The van der Waals surface area contributed by atoms with Crippen molar-refractivity contribution < 1.29 is 4.79 Å². The van der Waals surface area contributed by atoms with Crippen molar-refractivity contribution in [2.75, 3.05) is 6.54 Å². The molecule has 0 radical (unpaired) electrons. The Morgan fingerprint density at radius 2 is 2.00 bits per heavy atom. The number of carbonyl (C=O) groups excluding carboxylic acids is 1. The quantitative estimate of drug-likeness (QED) is 0.781. The summed E-state index contributed by atoms with van der Waals surface area (Å²) in [4.78, 5) is 14.6. The van der Waals surface area contributed by atoms with E-state index in [4.69, 9.17) is 0 Å². The van der Waals surface area contributed by atoms with Crippen molar-refractivity contribution in [3.05, 3.63) is 35.9 Å². The number of hydrogen-bond acceptors (Lipinski definition) is 1. The van der Waals surface area contributed by atoms with Gasteiger partial charge >= 0.3 is 0 Å². The number of benzene rings is 1. The lowest BCUT2D eigenvalue weighted by Gasteiger charge is -2.33. The summed E-state index contributed by atoms with van der Waals surface area (Å²) in [7, 11) is 0. The highest BCUT2D eigenvalue weighted by Gasteiger charge is 2.46. The molecule has 96 valence electrons. The van der Waals surface area contributed by atoms with E-state index in [1.54, 1.807) is 0 Å². The van der Waals surface area contributed by atoms with Gasteiger partial charge in [-0.1, -0.05) is 30.3 Å². The van der Waals surface area contributed by atoms with Crippen LogP contribution in [0.2, 0.25) is 0 Å². The van der Waals surface area contributed by atoms with Crippen LogP contribution in [0.25, 0.3) is 0 Å². The monoisotopic (exact) mass is 243 g/mol. The average Bonchev–Trinajstić information content (AvgIpc) is 3.20. The molecule has 1 saturated heterocycles. The van der Waals surface area contributed by atoms with E-state index in [-0.39, 0.29) is 5.92 Å². The zero-order chi connectivity index (χ0) is 12.5. The number of rotatable bonds is 2. The van der Waals surface area contributed by atoms with E-state index in [0.717, 1.165) is 13.0 Å². The number of nitrogens with zero attached hydrogens (tertiary/aromatic N) is 1. The van der Waals surface area contributed by atoms with E-state index in [9.17, 15) is 4.79 Å². The summed E-state index contributed by atoms with van der Waals surface area (Å²) in [5, 5.41) is 0. The number of amides is 1. The van der Waals surface area contributed by atoms with Gasteiger partial charge in [0.05, 0.1) is 0 Å². The highest BCUT2D eigenvalue weighted by molar-refractivity contribution is 5.83. The summed E-state index contributed by atoms with van der Waals surface area (Å²) in [6, 6.07) is 10.9. The molecule has 0 unspecified atom stereocenters. The number of carbonyl (C=O) groups is 1. The topological polar surface area (TPSA) is 20.3 Å². The van der Waals surface area contributed by atoms with Gasteiger partial charge in [0.25, 0.3) is 0 Å². The Kier molecular flexibility index (Phi) is 3.11.